The van der Waals surface area contributed by atoms with Crippen LogP contribution in [0.15, 0.2) is 12.4 Å². The second kappa shape index (κ2) is 6.50. The highest BCUT2D eigenvalue weighted by molar-refractivity contribution is 5.92. The van der Waals surface area contributed by atoms with Crippen LogP contribution in [0.5, 0.6) is 0 Å². The topological polar surface area (TPSA) is 58.1 Å². The Hall–Kier alpha value is -1.65. The van der Waals surface area contributed by atoms with Gasteiger partial charge >= 0.3 is 0 Å². The fraction of sp³-hybridized carbons (Fsp3) is 0.643. The smallest absolute Gasteiger partial charge is 0.274 e. The first-order valence-corrected chi connectivity index (χ1v) is 7.03. The highest BCUT2D eigenvalue weighted by Gasteiger charge is 2.21. The molecule has 2 heterocycles. The lowest BCUT2D eigenvalue weighted by atomic mass is 9.98. The van der Waals surface area contributed by atoms with E-state index in [2.05, 4.69) is 22.2 Å². The zero-order valence-corrected chi connectivity index (χ0v) is 11.7. The molecule has 0 aromatic carbocycles. The number of amides is 1. The van der Waals surface area contributed by atoms with Gasteiger partial charge in [0.1, 0.15) is 11.5 Å². The Morgan fingerprint density at radius 2 is 2.21 bits per heavy atom. The first-order valence-electron chi connectivity index (χ1n) is 7.03. The van der Waals surface area contributed by atoms with E-state index in [0.717, 1.165) is 31.8 Å². The van der Waals surface area contributed by atoms with E-state index in [1.165, 1.54) is 12.8 Å². The molecule has 0 saturated carbocycles. The van der Waals surface area contributed by atoms with Crippen molar-refractivity contribution in [3.05, 3.63) is 18.1 Å². The van der Waals surface area contributed by atoms with Gasteiger partial charge in [0.15, 0.2) is 0 Å². The van der Waals surface area contributed by atoms with E-state index in [-0.39, 0.29) is 5.91 Å². The number of rotatable bonds is 3. The Labute approximate surface area is 114 Å². The summed E-state index contributed by atoms with van der Waals surface area (Å²) < 4.78 is 0. The van der Waals surface area contributed by atoms with Crippen molar-refractivity contribution in [2.45, 2.75) is 32.6 Å². The molecular weight excluding hydrogens is 240 g/mol. The van der Waals surface area contributed by atoms with Gasteiger partial charge in [-0.25, -0.2) is 9.97 Å². The lowest BCUT2D eigenvalue weighted by Gasteiger charge is -2.20. The molecule has 1 unspecified atom stereocenters. The SMILES string of the molecule is CCC1CCCN(C(=O)c2cnc(NC)cn2)CC1. The second-order valence-corrected chi connectivity index (χ2v) is 5.03. The highest BCUT2D eigenvalue weighted by atomic mass is 16.2. The normalized spacial score (nSPS) is 19.9. The Kier molecular flexibility index (Phi) is 4.71. The molecule has 1 saturated heterocycles. The molecule has 1 aromatic heterocycles. The zero-order valence-electron chi connectivity index (χ0n) is 11.7. The standard InChI is InChI=1S/C14H22N4O/c1-3-11-5-4-7-18(8-6-11)14(19)12-9-17-13(15-2)10-16-12/h9-11H,3-8H2,1-2H3,(H,15,17). The molecule has 2 rings (SSSR count). The van der Waals surface area contributed by atoms with Crippen molar-refractivity contribution in [3.63, 3.8) is 0 Å². The van der Waals surface area contributed by atoms with Crippen LogP contribution in [0.1, 0.15) is 43.1 Å². The Bertz CT molecular complexity index is 418. The summed E-state index contributed by atoms with van der Waals surface area (Å²) in [5.74, 6) is 1.45. The van der Waals surface area contributed by atoms with E-state index < -0.39 is 0 Å². The molecule has 0 aliphatic carbocycles. The summed E-state index contributed by atoms with van der Waals surface area (Å²) in [4.78, 5) is 22.6. The van der Waals surface area contributed by atoms with E-state index in [0.29, 0.717) is 11.5 Å². The number of aromatic nitrogens is 2. The van der Waals surface area contributed by atoms with Crippen LogP contribution in [0.4, 0.5) is 5.82 Å². The van der Waals surface area contributed by atoms with E-state index in [1.807, 2.05) is 4.90 Å². The summed E-state index contributed by atoms with van der Waals surface area (Å²) in [5.41, 5.74) is 0.439. The van der Waals surface area contributed by atoms with Crippen molar-refractivity contribution >= 4 is 11.7 Å². The molecular formula is C14H22N4O. The first-order chi connectivity index (χ1) is 9.24. The van der Waals surface area contributed by atoms with Crippen LogP contribution in [-0.4, -0.2) is 40.9 Å². The number of nitrogens with zero attached hydrogens (tertiary/aromatic N) is 3. The van der Waals surface area contributed by atoms with Gasteiger partial charge < -0.3 is 10.2 Å². The molecule has 1 aliphatic rings. The number of hydrogen-bond donors (Lipinski definition) is 1. The number of carbonyl (C=O) groups excluding carboxylic acids is 1. The molecule has 1 aliphatic heterocycles. The summed E-state index contributed by atoms with van der Waals surface area (Å²) in [5, 5.41) is 2.90. The van der Waals surface area contributed by atoms with E-state index >= 15 is 0 Å². The maximum Gasteiger partial charge on any atom is 0.274 e. The molecule has 0 radical (unpaired) electrons. The quantitative estimate of drug-likeness (QED) is 0.907. The molecule has 1 atom stereocenters. The van der Waals surface area contributed by atoms with Gasteiger partial charge in [-0.3, -0.25) is 4.79 Å². The number of hydrogen-bond acceptors (Lipinski definition) is 4. The lowest BCUT2D eigenvalue weighted by Crippen LogP contribution is -2.32. The van der Waals surface area contributed by atoms with Crippen molar-refractivity contribution in [3.8, 4) is 0 Å². The third-order valence-corrected chi connectivity index (χ3v) is 3.84. The van der Waals surface area contributed by atoms with Crippen LogP contribution < -0.4 is 5.32 Å². The summed E-state index contributed by atoms with van der Waals surface area (Å²) >= 11 is 0. The highest BCUT2D eigenvalue weighted by Crippen LogP contribution is 2.21. The van der Waals surface area contributed by atoms with Crippen molar-refractivity contribution in [2.75, 3.05) is 25.5 Å². The molecule has 5 nitrogen and oxygen atoms in total. The van der Waals surface area contributed by atoms with Gasteiger partial charge in [-0.05, 0) is 25.2 Å². The minimum absolute atomic E-state index is 0.00639. The molecule has 1 amide bonds. The fourth-order valence-electron chi connectivity index (χ4n) is 2.51. The predicted molar refractivity (Wildman–Crippen MR) is 75.1 cm³/mol. The van der Waals surface area contributed by atoms with Gasteiger partial charge in [0.25, 0.3) is 5.91 Å². The van der Waals surface area contributed by atoms with Gasteiger partial charge in [-0.15, -0.1) is 0 Å². The second-order valence-electron chi connectivity index (χ2n) is 5.03. The zero-order chi connectivity index (χ0) is 13.7. The number of carbonyl (C=O) groups is 1. The summed E-state index contributed by atoms with van der Waals surface area (Å²) in [7, 11) is 1.78. The van der Waals surface area contributed by atoms with Crippen LogP contribution in [0.25, 0.3) is 0 Å². The summed E-state index contributed by atoms with van der Waals surface area (Å²) in [6.07, 6.45) is 7.77. The Morgan fingerprint density at radius 1 is 1.37 bits per heavy atom. The summed E-state index contributed by atoms with van der Waals surface area (Å²) in [6.45, 7) is 3.90. The van der Waals surface area contributed by atoms with Crippen LogP contribution in [0.2, 0.25) is 0 Å². The van der Waals surface area contributed by atoms with E-state index in [9.17, 15) is 4.79 Å². The average Bonchev–Trinajstić information content (AvgIpc) is 2.72. The maximum atomic E-state index is 12.4. The van der Waals surface area contributed by atoms with Gasteiger partial charge in [-0.2, -0.15) is 0 Å². The molecule has 5 heteroatoms. The number of nitrogens with one attached hydrogen (secondary N) is 1. The minimum Gasteiger partial charge on any atom is -0.372 e. The molecule has 0 spiro atoms. The molecule has 1 aromatic rings. The van der Waals surface area contributed by atoms with Crippen LogP contribution >= 0.6 is 0 Å². The van der Waals surface area contributed by atoms with Crippen molar-refractivity contribution in [1.29, 1.82) is 0 Å². The largest absolute Gasteiger partial charge is 0.372 e. The fourth-order valence-corrected chi connectivity index (χ4v) is 2.51. The van der Waals surface area contributed by atoms with Gasteiger partial charge in [0.2, 0.25) is 0 Å². The van der Waals surface area contributed by atoms with E-state index in [4.69, 9.17) is 0 Å². The maximum absolute atomic E-state index is 12.4. The molecule has 19 heavy (non-hydrogen) atoms. The predicted octanol–water partition coefficient (Wildman–Crippen LogP) is 2.17. The average molecular weight is 262 g/mol. The number of likely N-dealkylation sites (tertiary alicyclic amines) is 1. The van der Waals surface area contributed by atoms with Gasteiger partial charge in [0.05, 0.1) is 12.4 Å². The lowest BCUT2D eigenvalue weighted by molar-refractivity contribution is 0.0753. The Morgan fingerprint density at radius 3 is 2.84 bits per heavy atom. The minimum atomic E-state index is 0.00639. The third-order valence-electron chi connectivity index (χ3n) is 3.84. The number of anilines is 1. The van der Waals surface area contributed by atoms with Crippen LogP contribution in [0.3, 0.4) is 0 Å². The van der Waals surface area contributed by atoms with Crippen LogP contribution in [-0.2, 0) is 0 Å². The first kappa shape index (κ1) is 13.8. The Balaban J connectivity index is 2.01. The van der Waals surface area contributed by atoms with Gasteiger partial charge in [0, 0.05) is 20.1 Å². The van der Waals surface area contributed by atoms with E-state index in [1.54, 1.807) is 19.4 Å². The van der Waals surface area contributed by atoms with Crippen LogP contribution in [0, 0.1) is 5.92 Å². The summed E-state index contributed by atoms with van der Waals surface area (Å²) in [6, 6.07) is 0. The van der Waals surface area contributed by atoms with Crippen molar-refractivity contribution in [2.24, 2.45) is 5.92 Å². The molecule has 1 fully saturated rings. The molecule has 104 valence electrons. The molecule has 1 N–H and O–H groups in total. The van der Waals surface area contributed by atoms with Gasteiger partial charge in [-0.1, -0.05) is 13.3 Å². The van der Waals surface area contributed by atoms with Crippen molar-refractivity contribution < 1.29 is 4.79 Å². The van der Waals surface area contributed by atoms with Crippen molar-refractivity contribution in [1.82, 2.24) is 14.9 Å². The monoisotopic (exact) mass is 262 g/mol. The molecule has 0 bridgehead atoms. The third kappa shape index (κ3) is 3.43.